The van der Waals surface area contributed by atoms with Gasteiger partial charge >= 0.3 is 0 Å². The highest BCUT2D eigenvalue weighted by atomic mass is 16.5. The summed E-state index contributed by atoms with van der Waals surface area (Å²) in [6.07, 6.45) is 0.791. The average Bonchev–Trinajstić information content (AvgIpc) is 2.99. The van der Waals surface area contributed by atoms with Crippen LogP contribution in [-0.4, -0.2) is 17.6 Å². The van der Waals surface area contributed by atoms with Gasteiger partial charge < -0.3 is 15.0 Å². The van der Waals surface area contributed by atoms with Gasteiger partial charge in [-0.15, -0.1) is 0 Å². The van der Waals surface area contributed by atoms with Crippen LogP contribution in [0.5, 0.6) is 5.75 Å². The SMILES string of the molecule is CCc1c(-c2ccc(C(C)(C)C)cc2)c(C(N)=O)c(C)n1Cc1ccccc1OC. The third-order valence-corrected chi connectivity index (χ3v) is 5.77. The number of hydrogen-bond acceptors (Lipinski definition) is 2. The van der Waals surface area contributed by atoms with Crippen molar-refractivity contribution in [2.24, 2.45) is 5.73 Å². The van der Waals surface area contributed by atoms with E-state index in [-0.39, 0.29) is 5.41 Å². The zero-order valence-corrected chi connectivity index (χ0v) is 18.9. The van der Waals surface area contributed by atoms with Crippen LogP contribution in [0.1, 0.15) is 60.6 Å². The fourth-order valence-corrected chi connectivity index (χ4v) is 4.13. The number of methoxy groups -OCH3 is 1. The molecule has 30 heavy (non-hydrogen) atoms. The molecular formula is C26H32N2O2. The van der Waals surface area contributed by atoms with Crippen LogP contribution in [-0.2, 0) is 18.4 Å². The monoisotopic (exact) mass is 404 g/mol. The molecule has 1 aromatic heterocycles. The third-order valence-electron chi connectivity index (χ3n) is 5.77. The molecule has 0 unspecified atom stereocenters. The molecule has 0 aliphatic rings. The summed E-state index contributed by atoms with van der Waals surface area (Å²) in [7, 11) is 1.68. The molecule has 0 aliphatic heterocycles. The molecule has 3 aromatic rings. The van der Waals surface area contributed by atoms with Gasteiger partial charge in [-0.05, 0) is 36.0 Å². The Balaban J connectivity index is 2.18. The number of ether oxygens (including phenoxy) is 1. The Hall–Kier alpha value is -3.01. The van der Waals surface area contributed by atoms with Gasteiger partial charge in [0.25, 0.3) is 5.91 Å². The topological polar surface area (TPSA) is 57.2 Å². The van der Waals surface area contributed by atoms with E-state index in [9.17, 15) is 4.79 Å². The highest BCUT2D eigenvalue weighted by Crippen LogP contribution is 2.35. The number of rotatable bonds is 6. The molecule has 0 radical (unpaired) electrons. The van der Waals surface area contributed by atoms with Gasteiger partial charge in [0.1, 0.15) is 5.75 Å². The second kappa shape index (κ2) is 8.39. The average molecular weight is 405 g/mol. The first kappa shape index (κ1) is 21.7. The molecule has 0 atom stereocenters. The maximum absolute atomic E-state index is 12.5. The van der Waals surface area contributed by atoms with Gasteiger partial charge in [-0.3, -0.25) is 4.79 Å². The molecule has 1 heterocycles. The number of carbonyl (C=O) groups is 1. The van der Waals surface area contributed by atoms with E-state index >= 15 is 0 Å². The summed E-state index contributed by atoms with van der Waals surface area (Å²) >= 11 is 0. The van der Waals surface area contributed by atoms with Gasteiger partial charge in [0, 0.05) is 22.5 Å². The van der Waals surface area contributed by atoms with Gasteiger partial charge in [0.2, 0.25) is 0 Å². The predicted octanol–water partition coefficient (Wildman–Crippen LogP) is 5.48. The van der Waals surface area contributed by atoms with Crippen molar-refractivity contribution in [1.29, 1.82) is 0 Å². The van der Waals surface area contributed by atoms with Gasteiger partial charge in [0.05, 0.1) is 19.2 Å². The van der Waals surface area contributed by atoms with Crippen LogP contribution in [0.3, 0.4) is 0 Å². The lowest BCUT2D eigenvalue weighted by Crippen LogP contribution is -2.14. The number of benzene rings is 2. The fraction of sp³-hybridized carbons (Fsp3) is 0.346. The fourth-order valence-electron chi connectivity index (χ4n) is 4.13. The van der Waals surface area contributed by atoms with Crippen molar-refractivity contribution in [3.8, 4) is 16.9 Å². The van der Waals surface area contributed by atoms with Crippen molar-refractivity contribution in [3.63, 3.8) is 0 Å². The maximum Gasteiger partial charge on any atom is 0.251 e. The molecule has 158 valence electrons. The Morgan fingerprint density at radius 3 is 2.23 bits per heavy atom. The summed E-state index contributed by atoms with van der Waals surface area (Å²) in [5, 5.41) is 0. The molecule has 0 bridgehead atoms. The molecular weight excluding hydrogens is 372 g/mol. The van der Waals surface area contributed by atoms with E-state index in [1.54, 1.807) is 7.11 Å². The molecule has 0 saturated heterocycles. The Morgan fingerprint density at radius 2 is 1.70 bits per heavy atom. The molecule has 0 saturated carbocycles. The van der Waals surface area contributed by atoms with Crippen LogP contribution in [0.2, 0.25) is 0 Å². The molecule has 1 amide bonds. The minimum atomic E-state index is -0.393. The second-order valence-electron chi connectivity index (χ2n) is 8.73. The Kier molecular flexibility index (Phi) is 6.06. The van der Waals surface area contributed by atoms with Crippen molar-refractivity contribution in [1.82, 2.24) is 4.57 Å². The zero-order chi connectivity index (χ0) is 22.1. The lowest BCUT2D eigenvalue weighted by molar-refractivity contribution is 0.1000. The standard InChI is InChI=1S/C26H32N2O2/c1-7-21-24(18-12-14-20(15-13-18)26(3,4)5)23(25(27)29)17(2)28(21)16-19-10-8-9-11-22(19)30-6/h8-15H,7,16H2,1-6H3,(H2,27,29). The van der Waals surface area contributed by atoms with E-state index in [0.29, 0.717) is 12.1 Å². The summed E-state index contributed by atoms with van der Waals surface area (Å²) in [5.41, 5.74) is 12.8. The van der Waals surface area contributed by atoms with Crippen molar-refractivity contribution in [2.45, 2.75) is 53.0 Å². The summed E-state index contributed by atoms with van der Waals surface area (Å²) < 4.78 is 7.74. The smallest absolute Gasteiger partial charge is 0.251 e. The van der Waals surface area contributed by atoms with Gasteiger partial charge in [-0.25, -0.2) is 0 Å². The first-order valence-corrected chi connectivity index (χ1v) is 10.4. The van der Waals surface area contributed by atoms with Crippen LogP contribution in [0.4, 0.5) is 0 Å². The molecule has 0 spiro atoms. The molecule has 2 N–H and O–H groups in total. The summed E-state index contributed by atoms with van der Waals surface area (Å²) in [6.45, 7) is 11.3. The molecule has 3 rings (SSSR count). The van der Waals surface area contributed by atoms with Gasteiger partial charge in [0.15, 0.2) is 0 Å². The van der Waals surface area contributed by atoms with E-state index in [1.165, 1.54) is 5.56 Å². The number of primary amides is 1. The minimum absolute atomic E-state index is 0.0738. The number of carbonyl (C=O) groups excluding carboxylic acids is 1. The number of hydrogen-bond donors (Lipinski definition) is 1. The Labute approximate surface area is 179 Å². The van der Waals surface area contributed by atoms with E-state index in [4.69, 9.17) is 10.5 Å². The highest BCUT2D eigenvalue weighted by Gasteiger charge is 2.25. The van der Waals surface area contributed by atoms with Crippen LogP contribution in [0, 0.1) is 6.92 Å². The van der Waals surface area contributed by atoms with Crippen molar-refractivity contribution in [2.75, 3.05) is 7.11 Å². The van der Waals surface area contributed by atoms with E-state index in [1.807, 2.05) is 25.1 Å². The van der Waals surface area contributed by atoms with Crippen LogP contribution in [0.15, 0.2) is 48.5 Å². The maximum atomic E-state index is 12.5. The number of nitrogens with two attached hydrogens (primary N) is 1. The summed E-state index contributed by atoms with van der Waals surface area (Å²) in [6, 6.07) is 16.5. The van der Waals surface area contributed by atoms with Gasteiger partial charge in [-0.2, -0.15) is 0 Å². The molecule has 4 nitrogen and oxygen atoms in total. The predicted molar refractivity (Wildman–Crippen MR) is 123 cm³/mol. The van der Waals surface area contributed by atoms with E-state index in [0.717, 1.165) is 40.2 Å². The van der Waals surface area contributed by atoms with Gasteiger partial charge in [-0.1, -0.05) is 70.2 Å². The van der Waals surface area contributed by atoms with Crippen molar-refractivity contribution < 1.29 is 9.53 Å². The number of para-hydroxylation sites is 1. The van der Waals surface area contributed by atoms with Crippen molar-refractivity contribution in [3.05, 3.63) is 76.6 Å². The summed E-state index contributed by atoms with van der Waals surface area (Å²) in [5.74, 6) is 0.445. The molecule has 0 fully saturated rings. The molecule has 0 aliphatic carbocycles. The number of amides is 1. The molecule has 4 heteroatoms. The van der Waals surface area contributed by atoms with Crippen LogP contribution in [0.25, 0.3) is 11.1 Å². The quantitative estimate of drug-likeness (QED) is 0.591. The second-order valence-corrected chi connectivity index (χ2v) is 8.73. The molecule has 2 aromatic carbocycles. The van der Waals surface area contributed by atoms with E-state index < -0.39 is 5.91 Å². The lowest BCUT2D eigenvalue weighted by atomic mass is 9.86. The number of aromatic nitrogens is 1. The Bertz CT molecular complexity index is 1050. The minimum Gasteiger partial charge on any atom is -0.496 e. The zero-order valence-electron chi connectivity index (χ0n) is 18.9. The third kappa shape index (κ3) is 4.00. The van der Waals surface area contributed by atoms with Crippen LogP contribution >= 0.6 is 0 Å². The van der Waals surface area contributed by atoms with Crippen LogP contribution < -0.4 is 10.5 Å². The Morgan fingerprint density at radius 1 is 1.07 bits per heavy atom. The highest BCUT2D eigenvalue weighted by molar-refractivity contribution is 6.02. The van der Waals surface area contributed by atoms with Crippen molar-refractivity contribution >= 4 is 5.91 Å². The lowest BCUT2D eigenvalue weighted by Gasteiger charge is -2.19. The van der Waals surface area contributed by atoms with E-state index in [2.05, 4.69) is 62.6 Å². The first-order valence-electron chi connectivity index (χ1n) is 10.4. The number of nitrogens with zero attached hydrogens (tertiary/aromatic N) is 1. The normalized spacial score (nSPS) is 11.5. The summed E-state index contributed by atoms with van der Waals surface area (Å²) in [4.78, 5) is 12.5. The largest absolute Gasteiger partial charge is 0.496 e. The first-order chi connectivity index (χ1) is 14.2.